The quantitative estimate of drug-likeness (QED) is 0.707. The first-order valence-electron chi connectivity index (χ1n) is 3.80. The summed E-state index contributed by atoms with van der Waals surface area (Å²) < 4.78 is 26.4. The van der Waals surface area contributed by atoms with Crippen molar-refractivity contribution in [1.82, 2.24) is 9.03 Å². The van der Waals surface area contributed by atoms with E-state index in [0.29, 0.717) is 0 Å². The van der Waals surface area contributed by atoms with Gasteiger partial charge in [-0.2, -0.15) is 29.2 Å². The van der Waals surface area contributed by atoms with E-state index in [-0.39, 0.29) is 6.04 Å². The van der Waals surface area contributed by atoms with Crippen LogP contribution in [0.5, 0.6) is 0 Å². The molecule has 0 amide bonds. The van der Waals surface area contributed by atoms with E-state index < -0.39 is 10.2 Å². The molecule has 0 aromatic carbocycles. The van der Waals surface area contributed by atoms with Gasteiger partial charge in [-0.15, -0.1) is 0 Å². The van der Waals surface area contributed by atoms with Gasteiger partial charge in [-0.1, -0.05) is 0 Å². The van der Waals surface area contributed by atoms with Crippen molar-refractivity contribution in [2.75, 3.05) is 25.6 Å². The van der Waals surface area contributed by atoms with Crippen molar-refractivity contribution in [3.8, 4) is 0 Å². The number of hydrogen-bond donors (Lipinski definition) is 1. The second-order valence-corrected chi connectivity index (χ2v) is 6.03. The van der Waals surface area contributed by atoms with E-state index in [4.69, 9.17) is 0 Å². The third-order valence-electron chi connectivity index (χ3n) is 1.73. The van der Waals surface area contributed by atoms with Crippen LogP contribution in [0.25, 0.3) is 0 Å². The monoisotopic (exact) mass is 210 g/mol. The predicted octanol–water partition coefficient (Wildman–Crippen LogP) is -0.112. The molecule has 1 aliphatic rings. The third kappa shape index (κ3) is 2.62. The van der Waals surface area contributed by atoms with Crippen LogP contribution in [0.2, 0.25) is 0 Å². The third-order valence-corrected chi connectivity index (χ3v) is 4.48. The summed E-state index contributed by atoms with van der Waals surface area (Å²) in [7, 11) is -0.147. The summed E-state index contributed by atoms with van der Waals surface area (Å²) in [5.41, 5.74) is 0. The van der Waals surface area contributed by atoms with Gasteiger partial charge >= 0.3 is 0 Å². The number of nitrogens with one attached hydrogen (secondary N) is 1. The van der Waals surface area contributed by atoms with Crippen molar-refractivity contribution < 1.29 is 8.42 Å². The van der Waals surface area contributed by atoms with Gasteiger partial charge in [0.15, 0.2) is 0 Å². The second-order valence-electron chi connectivity index (χ2n) is 2.97. The summed E-state index contributed by atoms with van der Waals surface area (Å²) in [4.78, 5) is 0. The highest BCUT2D eigenvalue weighted by atomic mass is 32.2. The predicted molar refractivity (Wildman–Crippen MR) is 51.5 cm³/mol. The van der Waals surface area contributed by atoms with Crippen LogP contribution in [-0.4, -0.2) is 44.4 Å². The van der Waals surface area contributed by atoms with Crippen molar-refractivity contribution >= 4 is 22.0 Å². The molecule has 1 saturated heterocycles. The molecule has 0 bridgehead atoms. The van der Waals surface area contributed by atoms with Crippen molar-refractivity contribution in [3.63, 3.8) is 0 Å². The maximum atomic E-state index is 11.3. The molecule has 1 N–H and O–H groups in total. The van der Waals surface area contributed by atoms with Crippen LogP contribution in [0, 0.1) is 0 Å². The molecule has 72 valence electrons. The Morgan fingerprint density at radius 1 is 1.50 bits per heavy atom. The van der Waals surface area contributed by atoms with E-state index in [9.17, 15) is 8.42 Å². The first kappa shape index (κ1) is 10.3. The SMILES string of the molecule is CN(C)S(=O)(=O)NC1CCSC1. The van der Waals surface area contributed by atoms with Crippen molar-refractivity contribution in [2.45, 2.75) is 12.5 Å². The summed E-state index contributed by atoms with van der Waals surface area (Å²) in [6, 6.07) is 0.127. The first-order valence-corrected chi connectivity index (χ1v) is 6.39. The fourth-order valence-corrected chi connectivity index (χ4v) is 3.03. The lowest BCUT2D eigenvalue weighted by atomic mass is 10.3. The van der Waals surface area contributed by atoms with Crippen molar-refractivity contribution in [3.05, 3.63) is 0 Å². The second kappa shape index (κ2) is 3.95. The minimum absolute atomic E-state index is 0.127. The van der Waals surface area contributed by atoms with Crippen molar-refractivity contribution in [1.29, 1.82) is 0 Å². The van der Waals surface area contributed by atoms with Crippen LogP contribution in [0.4, 0.5) is 0 Å². The molecular weight excluding hydrogens is 196 g/mol. The Hall–Kier alpha value is 0.220. The molecule has 1 aliphatic heterocycles. The van der Waals surface area contributed by atoms with Gasteiger partial charge in [-0.25, -0.2) is 0 Å². The summed E-state index contributed by atoms with van der Waals surface area (Å²) in [6.07, 6.45) is 0.942. The summed E-state index contributed by atoms with van der Waals surface area (Å²) in [5.74, 6) is 1.95. The van der Waals surface area contributed by atoms with E-state index in [1.54, 1.807) is 11.8 Å². The lowest BCUT2D eigenvalue weighted by Gasteiger charge is -2.16. The first-order chi connectivity index (χ1) is 5.52. The fraction of sp³-hybridized carbons (Fsp3) is 1.00. The van der Waals surface area contributed by atoms with Gasteiger partial charge in [-0.05, 0) is 12.2 Å². The summed E-state index contributed by atoms with van der Waals surface area (Å²) >= 11 is 1.79. The molecule has 0 radical (unpaired) electrons. The Morgan fingerprint density at radius 3 is 2.58 bits per heavy atom. The largest absolute Gasteiger partial charge is 0.279 e. The van der Waals surface area contributed by atoms with Gasteiger partial charge in [0.2, 0.25) is 0 Å². The summed E-state index contributed by atoms with van der Waals surface area (Å²) in [5, 5.41) is 0. The highest BCUT2D eigenvalue weighted by molar-refractivity contribution is 7.99. The minimum atomic E-state index is -3.21. The molecule has 6 heteroatoms. The van der Waals surface area contributed by atoms with Gasteiger partial charge in [0, 0.05) is 25.9 Å². The molecular formula is C6H14N2O2S2. The Labute approximate surface area is 77.9 Å². The van der Waals surface area contributed by atoms with Crippen LogP contribution in [0.15, 0.2) is 0 Å². The van der Waals surface area contributed by atoms with Crippen LogP contribution in [0.1, 0.15) is 6.42 Å². The fourth-order valence-electron chi connectivity index (χ4n) is 0.943. The number of nitrogens with zero attached hydrogens (tertiary/aromatic N) is 1. The number of hydrogen-bond acceptors (Lipinski definition) is 3. The van der Waals surface area contributed by atoms with E-state index >= 15 is 0 Å². The van der Waals surface area contributed by atoms with E-state index in [0.717, 1.165) is 17.9 Å². The van der Waals surface area contributed by atoms with Crippen LogP contribution in [-0.2, 0) is 10.2 Å². The Morgan fingerprint density at radius 2 is 2.17 bits per heavy atom. The van der Waals surface area contributed by atoms with Gasteiger partial charge in [0.25, 0.3) is 10.2 Å². The van der Waals surface area contributed by atoms with Gasteiger partial charge < -0.3 is 0 Å². The lowest BCUT2D eigenvalue weighted by Crippen LogP contribution is -2.42. The molecule has 1 heterocycles. The molecule has 12 heavy (non-hydrogen) atoms. The van der Waals surface area contributed by atoms with Crippen molar-refractivity contribution in [2.24, 2.45) is 0 Å². The van der Waals surface area contributed by atoms with Gasteiger partial charge in [0.1, 0.15) is 0 Å². The van der Waals surface area contributed by atoms with Crippen LogP contribution >= 0.6 is 11.8 Å². The molecule has 0 aromatic rings. The van der Waals surface area contributed by atoms with E-state index in [1.165, 1.54) is 18.4 Å². The Balaban J connectivity index is 2.49. The zero-order valence-corrected chi connectivity index (χ0v) is 8.91. The Bertz CT molecular complexity index is 232. The normalized spacial score (nSPS) is 25.1. The highest BCUT2D eigenvalue weighted by Crippen LogP contribution is 2.17. The maximum Gasteiger partial charge on any atom is 0.279 e. The maximum absolute atomic E-state index is 11.3. The van der Waals surface area contributed by atoms with Gasteiger partial charge in [-0.3, -0.25) is 0 Å². The minimum Gasteiger partial charge on any atom is -0.198 e. The standard InChI is InChI=1S/C6H14N2O2S2/c1-8(2)12(9,10)7-6-3-4-11-5-6/h6-7H,3-5H2,1-2H3. The zero-order chi connectivity index (χ0) is 9.19. The molecule has 0 saturated carbocycles. The molecule has 1 unspecified atom stereocenters. The average Bonchev–Trinajstić information content (AvgIpc) is 2.38. The lowest BCUT2D eigenvalue weighted by molar-refractivity contribution is 0.493. The topological polar surface area (TPSA) is 49.4 Å². The van der Waals surface area contributed by atoms with Crippen LogP contribution in [0.3, 0.4) is 0 Å². The van der Waals surface area contributed by atoms with E-state index in [1.807, 2.05) is 0 Å². The smallest absolute Gasteiger partial charge is 0.198 e. The van der Waals surface area contributed by atoms with Crippen LogP contribution < -0.4 is 4.72 Å². The molecule has 1 rings (SSSR count). The molecule has 0 aromatic heterocycles. The molecule has 0 spiro atoms. The molecule has 4 nitrogen and oxygen atoms in total. The zero-order valence-electron chi connectivity index (χ0n) is 7.28. The highest BCUT2D eigenvalue weighted by Gasteiger charge is 2.22. The summed E-state index contributed by atoms with van der Waals surface area (Å²) in [6.45, 7) is 0. The van der Waals surface area contributed by atoms with Gasteiger partial charge in [0.05, 0.1) is 0 Å². The van der Waals surface area contributed by atoms with E-state index in [2.05, 4.69) is 4.72 Å². The Kier molecular flexibility index (Phi) is 3.39. The number of rotatable bonds is 3. The number of thioether (sulfide) groups is 1. The average molecular weight is 210 g/mol. The molecule has 1 atom stereocenters. The molecule has 1 fully saturated rings. The molecule has 0 aliphatic carbocycles.